The number of nitrogens with one attached hydrogen (secondary N) is 1. The van der Waals surface area contributed by atoms with E-state index in [0.29, 0.717) is 13.0 Å². The van der Waals surface area contributed by atoms with Crippen molar-refractivity contribution in [3.05, 3.63) is 0 Å². The van der Waals surface area contributed by atoms with Crippen molar-refractivity contribution in [2.24, 2.45) is 11.5 Å². The second-order valence-electron chi connectivity index (χ2n) is 2.94. The van der Waals surface area contributed by atoms with E-state index in [1.165, 1.54) is 6.92 Å². The van der Waals surface area contributed by atoms with Gasteiger partial charge in [0.1, 0.15) is 0 Å². The molecule has 5 N–H and O–H groups in total. The van der Waals surface area contributed by atoms with Gasteiger partial charge in [0.05, 0.1) is 6.04 Å². The molecule has 0 spiro atoms. The molecule has 76 valence electrons. The normalized spacial score (nSPS) is 12.2. The molecule has 1 atom stereocenters. The number of imide groups is 1. The van der Waals surface area contributed by atoms with Crippen molar-refractivity contribution in [2.45, 2.75) is 32.2 Å². The number of hydrogen-bond donors (Lipinski definition) is 3. The van der Waals surface area contributed by atoms with Gasteiger partial charge in [-0.05, 0) is 19.4 Å². The smallest absolute Gasteiger partial charge is 0.243 e. The first-order chi connectivity index (χ1) is 6.07. The molecule has 5 heteroatoms. The first kappa shape index (κ1) is 12.1. The molecule has 0 heterocycles. The Balaban J connectivity index is 3.63. The van der Waals surface area contributed by atoms with Crippen LogP contribution in [0.2, 0.25) is 0 Å². The first-order valence-electron chi connectivity index (χ1n) is 4.35. The van der Waals surface area contributed by atoms with Crippen LogP contribution in [0.1, 0.15) is 26.2 Å². The molecule has 0 aromatic heterocycles. The molecular weight excluding hydrogens is 170 g/mol. The summed E-state index contributed by atoms with van der Waals surface area (Å²) in [6.45, 7) is 1.88. The average Bonchev–Trinajstić information content (AvgIpc) is 2.03. The van der Waals surface area contributed by atoms with Crippen LogP contribution >= 0.6 is 0 Å². The minimum atomic E-state index is -0.601. The fraction of sp³-hybridized carbons (Fsp3) is 0.750. The molecule has 0 saturated heterocycles. The molecule has 5 nitrogen and oxygen atoms in total. The SMILES string of the molecule is CC(=O)NC(=O)C(N)CCCCN. The van der Waals surface area contributed by atoms with Crippen LogP contribution in [0.5, 0.6) is 0 Å². The third-order valence-corrected chi connectivity index (χ3v) is 1.61. The molecule has 0 fully saturated rings. The van der Waals surface area contributed by atoms with Gasteiger partial charge in [0.25, 0.3) is 0 Å². The van der Waals surface area contributed by atoms with Crippen molar-refractivity contribution in [1.82, 2.24) is 5.32 Å². The number of hydrogen-bond acceptors (Lipinski definition) is 4. The van der Waals surface area contributed by atoms with E-state index in [2.05, 4.69) is 5.32 Å². The fourth-order valence-corrected chi connectivity index (χ4v) is 0.906. The molecule has 0 aliphatic carbocycles. The van der Waals surface area contributed by atoms with Gasteiger partial charge in [-0.1, -0.05) is 6.42 Å². The minimum Gasteiger partial charge on any atom is -0.330 e. The average molecular weight is 187 g/mol. The van der Waals surface area contributed by atoms with Crippen molar-refractivity contribution in [3.8, 4) is 0 Å². The largest absolute Gasteiger partial charge is 0.330 e. The van der Waals surface area contributed by atoms with Gasteiger partial charge < -0.3 is 11.5 Å². The van der Waals surface area contributed by atoms with E-state index in [1.54, 1.807) is 0 Å². The Labute approximate surface area is 77.8 Å². The summed E-state index contributed by atoms with van der Waals surface area (Å²) in [5.74, 6) is -0.788. The van der Waals surface area contributed by atoms with Gasteiger partial charge in [-0.25, -0.2) is 0 Å². The van der Waals surface area contributed by atoms with E-state index in [1.807, 2.05) is 0 Å². The van der Waals surface area contributed by atoms with Crippen LogP contribution < -0.4 is 16.8 Å². The summed E-state index contributed by atoms with van der Waals surface area (Å²) in [4.78, 5) is 21.5. The highest BCUT2D eigenvalue weighted by Crippen LogP contribution is 1.97. The quantitative estimate of drug-likeness (QED) is 0.486. The third kappa shape index (κ3) is 6.24. The second-order valence-corrected chi connectivity index (χ2v) is 2.94. The molecule has 2 amide bonds. The lowest BCUT2D eigenvalue weighted by Gasteiger charge is -2.09. The summed E-state index contributed by atoms with van der Waals surface area (Å²) in [6, 6.07) is -0.601. The van der Waals surface area contributed by atoms with E-state index in [-0.39, 0.29) is 5.91 Å². The minimum absolute atomic E-state index is 0.376. The molecule has 0 aliphatic rings. The monoisotopic (exact) mass is 187 g/mol. The van der Waals surface area contributed by atoms with E-state index < -0.39 is 11.9 Å². The highest BCUT2D eigenvalue weighted by atomic mass is 16.2. The standard InChI is InChI=1S/C8H17N3O2/c1-6(12)11-8(13)7(10)4-2-3-5-9/h7H,2-5,9-10H2,1H3,(H,11,12,13). The maximum Gasteiger partial charge on any atom is 0.243 e. The molecular formula is C8H17N3O2. The van der Waals surface area contributed by atoms with E-state index in [9.17, 15) is 9.59 Å². The molecule has 0 radical (unpaired) electrons. The molecule has 13 heavy (non-hydrogen) atoms. The number of carbonyl (C=O) groups excluding carboxylic acids is 2. The summed E-state index contributed by atoms with van der Waals surface area (Å²) < 4.78 is 0. The topological polar surface area (TPSA) is 98.2 Å². The maximum absolute atomic E-state index is 11.1. The summed E-state index contributed by atoms with van der Waals surface area (Å²) in [6.07, 6.45) is 2.22. The third-order valence-electron chi connectivity index (χ3n) is 1.61. The predicted molar refractivity (Wildman–Crippen MR) is 49.7 cm³/mol. The van der Waals surface area contributed by atoms with Crippen LogP contribution in [0.15, 0.2) is 0 Å². The Morgan fingerprint density at radius 2 is 2.00 bits per heavy atom. The Bertz CT molecular complexity index is 182. The summed E-state index contributed by atoms with van der Waals surface area (Å²) >= 11 is 0. The van der Waals surface area contributed by atoms with Crippen molar-refractivity contribution in [3.63, 3.8) is 0 Å². The van der Waals surface area contributed by atoms with Crippen LogP contribution in [0.25, 0.3) is 0 Å². The van der Waals surface area contributed by atoms with Crippen LogP contribution in [0.4, 0.5) is 0 Å². The Kier molecular flexibility index (Phi) is 6.09. The van der Waals surface area contributed by atoms with Gasteiger partial charge in [0, 0.05) is 6.92 Å². The Hall–Kier alpha value is -0.940. The summed E-state index contributed by atoms with van der Waals surface area (Å²) in [5.41, 5.74) is 10.8. The van der Waals surface area contributed by atoms with E-state index in [0.717, 1.165) is 12.8 Å². The molecule has 0 rings (SSSR count). The van der Waals surface area contributed by atoms with E-state index >= 15 is 0 Å². The molecule has 0 aromatic rings. The zero-order valence-corrected chi connectivity index (χ0v) is 7.88. The van der Waals surface area contributed by atoms with Crippen LogP contribution in [-0.2, 0) is 9.59 Å². The second kappa shape index (κ2) is 6.56. The lowest BCUT2D eigenvalue weighted by Crippen LogP contribution is -2.42. The predicted octanol–water partition coefficient (Wildman–Crippen LogP) is -0.895. The van der Waals surface area contributed by atoms with Gasteiger partial charge in [-0.2, -0.15) is 0 Å². The van der Waals surface area contributed by atoms with Crippen LogP contribution in [0.3, 0.4) is 0 Å². The van der Waals surface area contributed by atoms with Crippen molar-refractivity contribution in [1.29, 1.82) is 0 Å². The molecule has 0 saturated carbocycles. The summed E-state index contributed by atoms with van der Waals surface area (Å²) in [5, 5.41) is 2.14. The fourth-order valence-electron chi connectivity index (χ4n) is 0.906. The number of carbonyl (C=O) groups is 2. The highest BCUT2D eigenvalue weighted by molar-refractivity contribution is 5.96. The van der Waals surface area contributed by atoms with Crippen molar-refractivity contribution in [2.75, 3.05) is 6.54 Å². The number of rotatable bonds is 5. The zero-order valence-electron chi connectivity index (χ0n) is 7.88. The van der Waals surface area contributed by atoms with Gasteiger partial charge in [-0.3, -0.25) is 14.9 Å². The van der Waals surface area contributed by atoms with Crippen molar-refractivity contribution < 1.29 is 9.59 Å². The van der Waals surface area contributed by atoms with Crippen molar-refractivity contribution >= 4 is 11.8 Å². The molecule has 1 unspecified atom stereocenters. The zero-order chi connectivity index (χ0) is 10.3. The molecule has 0 aliphatic heterocycles. The molecule has 0 aromatic carbocycles. The van der Waals surface area contributed by atoms with Gasteiger partial charge in [0.15, 0.2) is 0 Å². The Morgan fingerprint density at radius 3 is 2.46 bits per heavy atom. The van der Waals surface area contributed by atoms with Gasteiger partial charge in [0.2, 0.25) is 11.8 Å². The lowest BCUT2D eigenvalue weighted by molar-refractivity contribution is -0.130. The molecule has 0 bridgehead atoms. The number of unbranched alkanes of at least 4 members (excludes halogenated alkanes) is 1. The van der Waals surface area contributed by atoms with Crippen LogP contribution in [-0.4, -0.2) is 24.4 Å². The van der Waals surface area contributed by atoms with Gasteiger partial charge in [-0.15, -0.1) is 0 Å². The summed E-state index contributed by atoms with van der Waals surface area (Å²) in [7, 11) is 0. The highest BCUT2D eigenvalue weighted by Gasteiger charge is 2.13. The number of nitrogens with two attached hydrogens (primary N) is 2. The first-order valence-corrected chi connectivity index (χ1v) is 4.35. The Morgan fingerprint density at radius 1 is 1.38 bits per heavy atom. The van der Waals surface area contributed by atoms with Gasteiger partial charge >= 0.3 is 0 Å². The van der Waals surface area contributed by atoms with Crippen LogP contribution in [0, 0.1) is 0 Å². The van der Waals surface area contributed by atoms with E-state index in [4.69, 9.17) is 11.5 Å². The maximum atomic E-state index is 11.1. The number of amides is 2. The lowest BCUT2D eigenvalue weighted by atomic mass is 10.1.